The molecule has 0 aliphatic heterocycles. The molecule has 0 aliphatic rings. The summed E-state index contributed by atoms with van der Waals surface area (Å²) in [7, 11) is -4.09. The predicted octanol–water partition coefficient (Wildman–Crippen LogP) is 4.82. The molecule has 0 bridgehead atoms. The molecule has 1 aromatic heterocycles. The van der Waals surface area contributed by atoms with Gasteiger partial charge in [0.2, 0.25) is 0 Å². The maximum atomic E-state index is 13.2. The molecule has 2 N–H and O–H groups in total. The van der Waals surface area contributed by atoms with Gasteiger partial charge in [0.25, 0.3) is 15.9 Å². The van der Waals surface area contributed by atoms with Crippen LogP contribution in [-0.4, -0.2) is 24.3 Å². The average Bonchev–Trinajstić information content (AvgIpc) is 2.78. The molecule has 1 heterocycles. The first-order chi connectivity index (χ1) is 15.7. The van der Waals surface area contributed by atoms with Gasteiger partial charge in [-0.05, 0) is 55.0 Å². The molecule has 1 atom stereocenters. The standard InChI is InChI=1S/C23H18BrFN4O3S/c1-14(15-5-8-17(25)9-6-15)28-23(30)18-10-7-16(24)13-20(18)29-33(31,32)21-4-2-3-19-22(21)27-12-11-26-19/h2-14,29H,1H3,(H,28,30). The lowest BCUT2D eigenvalue weighted by atomic mass is 10.1. The lowest BCUT2D eigenvalue weighted by molar-refractivity contribution is 0.0941. The molecule has 168 valence electrons. The number of aromatic nitrogens is 2. The number of hydrogen-bond donors (Lipinski definition) is 2. The quantitative estimate of drug-likeness (QED) is 0.373. The number of halogens is 2. The molecule has 0 fully saturated rings. The van der Waals surface area contributed by atoms with Gasteiger partial charge in [0.05, 0.1) is 22.8 Å². The number of carbonyl (C=O) groups excluding carboxylic acids is 1. The van der Waals surface area contributed by atoms with Crippen LogP contribution in [0.3, 0.4) is 0 Å². The number of sulfonamides is 1. The smallest absolute Gasteiger partial charge is 0.264 e. The normalized spacial score (nSPS) is 12.3. The molecule has 4 aromatic rings. The lowest BCUT2D eigenvalue weighted by Crippen LogP contribution is -2.28. The Bertz CT molecular complexity index is 1440. The number of benzene rings is 3. The third-order valence-electron chi connectivity index (χ3n) is 4.94. The Balaban J connectivity index is 1.65. The van der Waals surface area contributed by atoms with Gasteiger partial charge in [-0.2, -0.15) is 0 Å². The number of nitrogens with one attached hydrogen (secondary N) is 2. The van der Waals surface area contributed by atoms with E-state index in [1.807, 2.05) is 0 Å². The molecular weight excluding hydrogens is 511 g/mol. The number of para-hydroxylation sites is 1. The molecule has 0 spiro atoms. The van der Waals surface area contributed by atoms with E-state index in [1.165, 1.54) is 42.7 Å². The number of rotatable bonds is 6. The lowest BCUT2D eigenvalue weighted by Gasteiger charge is -2.17. The maximum Gasteiger partial charge on any atom is 0.264 e. The van der Waals surface area contributed by atoms with Crippen LogP contribution in [0.4, 0.5) is 10.1 Å². The molecule has 1 unspecified atom stereocenters. The Hall–Kier alpha value is -3.37. The Morgan fingerprint density at radius 3 is 2.52 bits per heavy atom. The average molecular weight is 529 g/mol. The first-order valence-corrected chi connectivity index (χ1v) is 12.1. The maximum absolute atomic E-state index is 13.2. The number of hydrogen-bond acceptors (Lipinski definition) is 5. The van der Waals surface area contributed by atoms with Crippen molar-refractivity contribution in [1.29, 1.82) is 0 Å². The minimum absolute atomic E-state index is 0.0564. The van der Waals surface area contributed by atoms with E-state index in [0.29, 0.717) is 15.6 Å². The Morgan fingerprint density at radius 2 is 1.76 bits per heavy atom. The van der Waals surface area contributed by atoms with Crippen LogP contribution < -0.4 is 10.0 Å². The summed E-state index contributed by atoms with van der Waals surface area (Å²) in [5.74, 6) is -0.866. The van der Waals surface area contributed by atoms with E-state index in [9.17, 15) is 17.6 Å². The van der Waals surface area contributed by atoms with Crippen molar-refractivity contribution in [3.05, 3.63) is 94.5 Å². The van der Waals surface area contributed by atoms with Gasteiger partial charge < -0.3 is 5.32 Å². The van der Waals surface area contributed by atoms with Crippen LogP contribution in [0, 0.1) is 5.82 Å². The first-order valence-electron chi connectivity index (χ1n) is 9.83. The van der Waals surface area contributed by atoms with Gasteiger partial charge in [-0.1, -0.05) is 34.1 Å². The fraction of sp³-hybridized carbons (Fsp3) is 0.0870. The zero-order valence-electron chi connectivity index (χ0n) is 17.3. The minimum atomic E-state index is -4.09. The van der Waals surface area contributed by atoms with Crippen molar-refractivity contribution in [3.8, 4) is 0 Å². The zero-order chi connectivity index (χ0) is 23.6. The summed E-state index contributed by atoms with van der Waals surface area (Å²) in [5, 5.41) is 2.81. The molecule has 10 heteroatoms. The van der Waals surface area contributed by atoms with Gasteiger partial charge in [-0.25, -0.2) is 12.8 Å². The van der Waals surface area contributed by atoms with Crippen molar-refractivity contribution in [2.75, 3.05) is 4.72 Å². The molecule has 3 aromatic carbocycles. The Labute approximate surface area is 198 Å². The van der Waals surface area contributed by atoms with Crippen LogP contribution in [0.15, 0.2) is 82.4 Å². The van der Waals surface area contributed by atoms with E-state index in [1.54, 1.807) is 37.3 Å². The second-order valence-electron chi connectivity index (χ2n) is 7.22. The predicted molar refractivity (Wildman–Crippen MR) is 127 cm³/mol. The highest BCUT2D eigenvalue weighted by atomic mass is 79.9. The summed E-state index contributed by atoms with van der Waals surface area (Å²) in [6.45, 7) is 1.75. The number of nitrogens with zero attached hydrogens (tertiary/aromatic N) is 2. The molecule has 0 saturated heterocycles. The number of amides is 1. The van der Waals surface area contributed by atoms with E-state index < -0.39 is 22.0 Å². The van der Waals surface area contributed by atoms with Gasteiger partial charge in [0.15, 0.2) is 0 Å². The highest BCUT2D eigenvalue weighted by Gasteiger charge is 2.23. The minimum Gasteiger partial charge on any atom is -0.345 e. The molecule has 7 nitrogen and oxygen atoms in total. The monoisotopic (exact) mass is 528 g/mol. The fourth-order valence-electron chi connectivity index (χ4n) is 3.29. The SMILES string of the molecule is CC(NC(=O)c1ccc(Br)cc1NS(=O)(=O)c1cccc2nccnc12)c1ccc(F)cc1. The number of fused-ring (bicyclic) bond motifs is 1. The van der Waals surface area contributed by atoms with Gasteiger partial charge in [0.1, 0.15) is 16.2 Å². The second-order valence-corrected chi connectivity index (χ2v) is 9.79. The van der Waals surface area contributed by atoms with Gasteiger partial charge in [0, 0.05) is 16.9 Å². The van der Waals surface area contributed by atoms with E-state index >= 15 is 0 Å². The summed E-state index contributed by atoms with van der Waals surface area (Å²) in [5.41, 5.74) is 1.58. The molecule has 4 rings (SSSR count). The van der Waals surface area contributed by atoms with Crippen molar-refractivity contribution < 1.29 is 17.6 Å². The fourth-order valence-corrected chi connectivity index (χ4v) is 4.89. The van der Waals surface area contributed by atoms with Crippen LogP contribution in [0.2, 0.25) is 0 Å². The third kappa shape index (κ3) is 5.01. The summed E-state index contributed by atoms with van der Waals surface area (Å²) in [6, 6.07) is 14.7. The first kappa shape index (κ1) is 22.8. The van der Waals surface area contributed by atoms with E-state index in [0.717, 1.165) is 0 Å². The molecule has 33 heavy (non-hydrogen) atoms. The van der Waals surface area contributed by atoms with Crippen molar-refractivity contribution in [2.45, 2.75) is 17.9 Å². The number of anilines is 1. The largest absolute Gasteiger partial charge is 0.345 e. The molecule has 0 radical (unpaired) electrons. The number of carbonyl (C=O) groups is 1. The summed E-state index contributed by atoms with van der Waals surface area (Å²) >= 11 is 3.32. The van der Waals surface area contributed by atoms with E-state index in [2.05, 4.69) is 35.9 Å². The van der Waals surface area contributed by atoms with Gasteiger partial charge >= 0.3 is 0 Å². The van der Waals surface area contributed by atoms with E-state index in [4.69, 9.17) is 0 Å². The molecule has 0 saturated carbocycles. The van der Waals surface area contributed by atoms with Crippen molar-refractivity contribution >= 4 is 48.6 Å². The van der Waals surface area contributed by atoms with Crippen LogP contribution >= 0.6 is 15.9 Å². The Morgan fingerprint density at radius 1 is 1.03 bits per heavy atom. The Kier molecular flexibility index (Phi) is 6.39. The third-order valence-corrected chi connectivity index (χ3v) is 6.83. The van der Waals surface area contributed by atoms with Crippen molar-refractivity contribution in [3.63, 3.8) is 0 Å². The summed E-state index contributed by atoms with van der Waals surface area (Å²) in [6.07, 6.45) is 2.89. The van der Waals surface area contributed by atoms with Crippen molar-refractivity contribution in [2.24, 2.45) is 0 Å². The highest BCUT2D eigenvalue weighted by molar-refractivity contribution is 9.10. The van der Waals surface area contributed by atoms with Crippen LogP contribution in [0.5, 0.6) is 0 Å². The molecule has 0 aliphatic carbocycles. The summed E-state index contributed by atoms with van der Waals surface area (Å²) in [4.78, 5) is 21.2. The molecular formula is C23H18BrFN4O3S. The van der Waals surface area contributed by atoms with E-state index in [-0.39, 0.29) is 27.5 Å². The van der Waals surface area contributed by atoms with Crippen LogP contribution in [0.25, 0.3) is 11.0 Å². The second kappa shape index (κ2) is 9.24. The van der Waals surface area contributed by atoms with Crippen LogP contribution in [-0.2, 0) is 10.0 Å². The van der Waals surface area contributed by atoms with Gasteiger partial charge in [-0.3, -0.25) is 19.5 Å². The molecule has 1 amide bonds. The highest BCUT2D eigenvalue weighted by Crippen LogP contribution is 2.27. The van der Waals surface area contributed by atoms with Crippen LogP contribution in [0.1, 0.15) is 28.9 Å². The zero-order valence-corrected chi connectivity index (χ0v) is 19.7. The van der Waals surface area contributed by atoms with Crippen molar-refractivity contribution in [1.82, 2.24) is 15.3 Å². The topological polar surface area (TPSA) is 101 Å². The van der Waals surface area contributed by atoms with Gasteiger partial charge in [-0.15, -0.1) is 0 Å². The summed E-state index contributed by atoms with van der Waals surface area (Å²) < 4.78 is 42.7.